The lowest BCUT2D eigenvalue weighted by molar-refractivity contribution is 0.612. The van der Waals surface area contributed by atoms with Gasteiger partial charge in [-0.05, 0) is 56.8 Å². The van der Waals surface area contributed by atoms with Crippen molar-refractivity contribution in [1.82, 2.24) is 0 Å². The standard InChI is InChI=1S/C13H22N2/c1-9-7-10(2)13(11(3)8-9)12(15)5-4-6-14/h7-8,12H,4-6,14-15H2,1-3H3/t12-/m1/s1. The Bertz CT molecular complexity index is 308. The maximum atomic E-state index is 6.18. The number of nitrogens with two attached hydrogens (primary N) is 2. The number of aryl methyl sites for hydroxylation is 3. The van der Waals surface area contributed by atoms with Crippen LogP contribution in [-0.2, 0) is 0 Å². The fourth-order valence-electron chi connectivity index (χ4n) is 2.26. The summed E-state index contributed by atoms with van der Waals surface area (Å²) in [6.45, 7) is 7.11. The Kier molecular flexibility index (Phi) is 4.30. The third-order valence-electron chi connectivity index (χ3n) is 2.83. The highest BCUT2D eigenvalue weighted by Gasteiger charge is 2.11. The van der Waals surface area contributed by atoms with Gasteiger partial charge < -0.3 is 11.5 Å². The first kappa shape index (κ1) is 12.2. The van der Waals surface area contributed by atoms with Crippen molar-refractivity contribution in [2.45, 2.75) is 39.7 Å². The number of rotatable bonds is 4. The Morgan fingerprint density at radius 3 is 2.13 bits per heavy atom. The van der Waals surface area contributed by atoms with Crippen molar-refractivity contribution >= 4 is 0 Å². The first-order valence-electron chi connectivity index (χ1n) is 5.59. The van der Waals surface area contributed by atoms with Gasteiger partial charge in [0.2, 0.25) is 0 Å². The molecule has 0 aliphatic rings. The van der Waals surface area contributed by atoms with E-state index in [0.29, 0.717) is 0 Å². The molecule has 0 aliphatic carbocycles. The third-order valence-corrected chi connectivity index (χ3v) is 2.83. The number of benzene rings is 1. The fourth-order valence-corrected chi connectivity index (χ4v) is 2.26. The van der Waals surface area contributed by atoms with E-state index in [9.17, 15) is 0 Å². The molecule has 4 N–H and O–H groups in total. The SMILES string of the molecule is Cc1cc(C)c([C@H](N)CCCN)c(C)c1. The summed E-state index contributed by atoms with van der Waals surface area (Å²) in [6, 6.07) is 4.53. The Balaban J connectivity index is 2.92. The molecule has 0 aromatic heterocycles. The molecule has 0 bridgehead atoms. The molecule has 15 heavy (non-hydrogen) atoms. The predicted octanol–water partition coefficient (Wildman–Crippen LogP) is 2.35. The van der Waals surface area contributed by atoms with Gasteiger partial charge in [-0.2, -0.15) is 0 Å². The smallest absolute Gasteiger partial charge is 0.0300 e. The van der Waals surface area contributed by atoms with Crippen LogP contribution in [0, 0.1) is 20.8 Å². The highest BCUT2D eigenvalue weighted by Crippen LogP contribution is 2.24. The average molecular weight is 206 g/mol. The lowest BCUT2D eigenvalue weighted by Crippen LogP contribution is -2.15. The second-order valence-electron chi connectivity index (χ2n) is 4.35. The van der Waals surface area contributed by atoms with Gasteiger partial charge in [0, 0.05) is 6.04 Å². The van der Waals surface area contributed by atoms with E-state index in [1.807, 2.05) is 0 Å². The van der Waals surface area contributed by atoms with Crippen molar-refractivity contribution in [2.24, 2.45) is 11.5 Å². The van der Waals surface area contributed by atoms with E-state index in [1.54, 1.807) is 0 Å². The second kappa shape index (κ2) is 5.29. The molecule has 1 aromatic rings. The van der Waals surface area contributed by atoms with Gasteiger partial charge in [0.15, 0.2) is 0 Å². The maximum absolute atomic E-state index is 6.18. The summed E-state index contributed by atoms with van der Waals surface area (Å²) in [5, 5.41) is 0. The van der Waals surface area contributed by atoms with Crippen LogP contribution in [-0.4, -0.2) is 6.54 Å². The summed E-state index contributed by atoms with van der Waals surface area (Å²) >= 11 is 0. The van der Waals surface area contributed by atoms with E-state index in [4.69, 9.17) is 11.5 Å². The molecule has 1 rings (SSSR count). The van der Waals surface area contributed by atoms with Gasteiger partial charge in [-0.1, -0.05) is 17.7 Å². The van der Waals surface area contributed by atoms with Crippen molar-refractivity contribution in [2.75, 3.05) is 6.54 Å². The van der Waals surface area contributed by atoms with Crippen molar-refractivity contribution in [1.29, 1.82) is 0 Å². The largest absolute Gasteiger partial charge is 0.330 e. The highest BCUT2D eigenvalue weighted by atomic mass is 14.6. The van der Waals surface area contributed by atoms with Gasteiger partial charge in [-0.15, -0.1) is 0 Å². The van der Waals surface area contributed by atoms with Crippen molar-refractivity contribution < 1.29 is 0 Å². The molecule has 1 atom stereocenters. The minimum atomic E-state index is 0.133. The van der Waals surface area contributed by atoms with E-state index in [0.717, 1.165) is 19.4 Å². The molecule has 1 aromatic carbocycles. The van der Waals surface area contributed by atoms with E-state index in [-0.39, 0.29) is 6.04 Å². The lowest BCUT2D eigenvalue weighted by atomic mass is 9.92. The zero-order chi connectivity index (χ0) is 11.4. The van der Waals surface area contributed by atoms with Crippen LogP contribution in [0.25, 0.3) is 0 Å². The fraction of sp³-hybridized carbons (Fsp3) is 0.538. The van der Waals surface area contributed by atoms with Crippen LogP contribution in [0.2, 0.25) is 0 Å². The molecule has 0 saturated carbocycles. The minimum Gasteiger partial charge on any atom is -0.330 e. The summed E-state index contributed by atoms with van der Waals surface area (Å²) in [6.07, 6.45) is 1.97. The van der Waals surface area contributed by atoms with Gasteiger partial charge in [0.05, 0.1) is 0 Å². The molecule has 0 radical (unpaired) electrons. The average Bonchev–Trinajstić information content (AvgIpc) is 2.12. The van der Waals surface area contributed by atoms with E-state index in [1.165, 1.54) is 22.3 Å². The lowest BCUT2D eigenvalue weighted by Gasteiger charge is -2.18. The van der Waals surface area contributed by atoms with Crippen LogP contribution in [0.1, 0.15) is 41.1 Å². The second-order valence-corrected chi connectivity index (χ2v) is 4.35. The Labute approximate surface area is 92.7 Å². The Morgan fingerprint density at radius 2 is 1.67 bits per heavy atom. The first-order valence-corrected chi connectivity index (χ1v) is 5.59. The summed E-state index contributed by atoms with van der Waals surface area (Å²) in [7, 11) is 0. The van der Waals surface area contributed by atoms with Crippen LogP contribution in [0.15, 0.2) is 12.1 Å². The van der Waals surface area contributed by atoms with Crippen molar-refractivity contribution in [3.63, 3.8) is 0 Å². The molecule has 2 nitrogen and oxygen atoms in total. The minimum absolute atomic E-state index is 0.133. The maximum Gasteiger partial charge on any atom is 0.0300 e. The van der Waals surface area contributed by atoms with Crippen LogP contribution in [0.4, 0.5) is 0 Å². The van der Waals surface area contributed by atoms with E-state index < -0.39 is 0 Å². The van der Waals surface area contributed by atoms with Gasteiger partial charge in [-0.25, -0.2) is 0 Å². The molecule has 0 unspecified atom stereocenters. The summed E-state index contributed by atoms with van der Waals surface area (Å²) in [4.78, 5) is 0. The van der Waals surface area contributed by atoms with Crippen molar-refractivity contribution in [3.05, 3.63) is 34.4 Å². The van der Waals surface area contributed by atoms with Crippen LogP contribution in [0.5, 0.6) is 0 Å². The summed E-state index contributed by atoms with van der Waals surface area (Å²) in [5.41, 5.74) is 16.9. The predicted molar refractivity (Wildman–Crippen MR) is 65.9 cm³/mol. The zero-order valence-electron chi connectivity index (χ0n) is 10.0. The van der Waals surface area contributed by atoms with Crippen LogP contribution < -0.4 is 11.5 Å². The highest BCUT2D eigenvalue weighted by molar-refractivity contribution is 5.39. The summed E-state index contributed by atoms with van der Waals surface area (Å²) in [5.74, 6) is 0. The molecule has 0 aliphatic heterocycles. The third kappa shape index (κ3) is 3.05. The van der Waals surface area contributed by atoms with E-state index in [2.05, 4.69) is 32.9 Å². The molecular formula is C13H22N2. The molecule has 0 spiro atoms. The molecular weight excluding hydrogens is 184 g/mol. The Hall–Kier alpha value is -0.860. The van der Waals surface area contributed by atoms with Crippen LogP contribution in [0.3, 0.4) is 0 Å². The Morgan fingerprint density at radius 1 is 1.13 bits per heavy atom. The van der Waals surface area contributed by atoms with Gasteiger partial charge in [0.1, 0.15) is 0 Å². The topological polar surface area (TPSA) is 52.0 Å². The molecule has 0 fully saturated rings. The van der Waals surface area contributed by atoms with Crippen molar-refractivity contribution in [3.8, 4) is 0 Å². The van der Waals surface area contributed by atoms with Gasteiger partial charge in [-0.3, -0.25) is 0 Å². The number of hydrogen-bond acceptors (Lipinski definition) is 2. The van der Waals surface area contributed by atoms with Crippen LogP contribution >= 0.6 is 0 Å². The molecule has 0 amide bonds. The zero-order valence-corrected chi connectivity index (χ0v) is 10.0. The molecule has 0 heterocycles. The molecule has 0 saturated heterocycles. The van der Waals surface area contributed by atoms with E-state index >= 15 is 0 Å². The number of hydrogen-bond donors (Lipinski definition) is 2. The monoisotopic (exact) mass is 206 g/mol. The van der Waals surface area contributed by atoms with Gasteiger partial charge >= 0.3 is 0 Å². The molecule has 2 heteroatoms. The molecule has 84 valence electrons. The summed E-state index contributed by atoms with van der Waals surface area (Å²) < 4.78 is 0. The van der Waals surface area contributed by atoms with Gasteiger partial charge in [0.25, 0.3) is 0 Å². The quantitative estimate of drug-likeness (QED) is 0.794. The first-order chi connectivity index (χ1) is 7.06. The normalized spacial score (nSPS) is 12.9.